The molecule has 1 aromatic carbocycles. The first-order chi connectivity index (χ1) is 9.74. The molecular formula is C15H18N4O. The van der Waals surface area contributed by atoms with E-state index >= 15 is 0 Å². The van der Waals surface area contributed by atoms with E-state index < -0.39 is 0 Å². The van der Waals surface area contributed by atoms with Gasteiger partial charge >= 0.3 is 0 Å². The number of benzene rings is 1. The van der Waals surface area contributed by atoms with Crippen molar-refractivity contribution in [3.05, 3.63) is 53.3 Å². The zero-order valence-corrected chi connectivity index (χ0v) is 11.4. The summed E-state index contributed by atoms with van der Waals surface area (Å²) in [6.45, 7) is 2.70. The maximum Gasteiger partial charge on any atom is 0.237 e. The molecule has 104 valence electrons. The summed E-state index contributed by atoms with van der Waals surface area (Å²) in [4.78, 5) is 12.3. The average molecular weight is 270 g/mol. The van der Waals surface area contributed by atoms with E-state index in [0.717, 1.165) is 18.5 Å². The number of fused-ring (bicyclic) bond motifs is 1. The summed E-state index contributed by atoms with van der Waals surface area (Å²) >= 11 is 0. The zero-order chi connectivity index (χ0) is 13.9. The van der Waals surface area contributed by atoms with E-state index in [2.05, 4.69) is 33.0 Å². The van der Waals surface area contributed by atoms with E-state index in [-0.39, 0.29) is 18.0 Å². The Hall–Kier alpha value is -2.14. The number of hydrogen-bond acceptors (Lipinski definition) is 3. The van der Waals surface area contributed by atoms with Gasteiger partial charge < -0.3 is 10.6 Å². The fourth-order valence-electron chi connectivity index (χ4n) is 2.53. The molecule has 5 heteroatoms. The van der Waals surface area contributed by atoms with Crippen LogP contribution in [0.4, 0.5) is 0 Å². The predicted molar refractivity (Wildman–Crippen MR) is 75.9 cm³/mol. The Bertz CT molecular complexity index is 594. The summed E-state index contributed by atoms with van der Waals surface area (Å²) in [5, 5.41) is 13.0. The Morgan fingerprint density at radius 1 is 1.40 bits per heavy atom. The fraction of sp³-hybridized carbons (Fsp3) is 0.333. The van der Waals surface area contributed by atoms with Crippen molar-refractivity contribution in [2.45, 2.75) is 32.0 Å². The maximum absolute atomic E-state index is 12.3. The lowest BCUT2D eigenvalue weighted by atomic mass is 9.95. The monoisotopic (exact) mass is 270 g/mol. The number of nitrogens with one attached hydrogen (secondary N) is 3. The molecule has 1 aromatic heterocycles. The molecule has 0 radical (unpaired) electrons. The second-order valence-electron chi connectivity index (χ2n) is 5.17. The Morgan fingerprint density at radius 3 is 2.95 bits per heavy atom. The molecule has 1 aliphatic rings. The number of aromatic amines is 1. The summed E-state index contributed by atoms with van der Waals surface area (Å²) in [7, 11) is 0. The molecule has 3 rings (SSSR count). The lowest BCUT2D eigenvalue weighted by molar-refractivity contribution is -0.124. The highest BCUT2D eigenvalue weighted by molar-refractivity contribution is 5.82. The Balaban J connectivity index is 1.64. The molecule has 3 N–H and O–H groups in total. The number of nitrogens with zero attached hydrogens (tertiary/aromatic N) is 1. The van der Waals surface area contributed by atoms with Gasteiger partial charge in [-0.3, -0.25) is 9.89 Å². The van der Waals surface area contributed by atoms with Gasteiger partial charge in [0.2, 0.25) is 5.91 Å². The van der Waals surface area contributed by atoms with E-state index in [0.29, 0.717) is 0 Å². The largest absolute Gasteiger partial charge is 0.348 e. The number of amides is 1. The topological polar surface area (TPSA) is 69.8 Å². The molecule has 1 amide bonds. The first-order valence-corrected chi connectivity index (χ1v) is 6.83. The molecule has 0 aliphatic carbocycles. The zero-order valence-electron chi connectivity index (χ0n) is 11.4. The quantitative estimate of drug-likeness (QED) is 0.787. The van der Waals surface area contributed by atoms with Crippen LogP contribution in [0, 0.1) is 0 Å². The van der Waals surface area contributed by atoms with Crippen molar-refractivity contribution in [1.29, 1.82) is 0 Å². The summed E-state index contributed by atoms with van der Waals surface area (Å²) in [6, 6.07) is 8.04. The van der Waals surface area contributed by atoms with E-state index in [1.807, 2.05) is 19.1 Å². The minimum atomic E-state index is -0.167. The van der Waals surface area contributed by atoms with Crippen molar-refractivity contribution in [2.24, 2.45) is 0 Å². The second kappa shape index (κ2) is 5.46. The van der Waals surface area contributed by atoms with Crippen molar-refractivity contribution in [2.75, 3.05) is 0 Å². The van der Waals surface area contributed by atoms with Crippen molar-refractivity contribution in [1.82, 2.24) is 20.8 Å². The SMILES string of the molecule is CC(NC(=O)[C@@H]1Cc2ccccc2CN1)c1cn[nH]c1. The van der Waals surface area contributed by atoms with Crippen LogP contribution in [0.3, 0.4) is 0 Å². The van der Waals surface area contributed by atoms with Gasteiger partial charge in [-0.25, -0.2) is 0 Å². The molecule has 20 heavy (non-hydrogen) atoms. The fourth-order valence-corrected chi connectivity index (χ4v) is 2.53. The molecular weight excluding hydrogens is 252 g/mol. The highest BCUT2D eigenvalue weighted by atomic mass is 16.2. The van der Waals surface area contributed by atoms with Gasteiger partial charge in [-0.05, 0) is 24.5 Å². The van der Waals surface area contributed by atoms with E-state index in [9.17, 15) is 4.79 Å². The van der Waals surface area contributed by atoms with E-state index in [1.165, 1.54) is 11.1 Å². The van der Waals surface area contributed by atoms with Gasteiger partial charge in [0.1, 0.15) is 0 Å². The molecule has 5 nitrogen and oxygen atoms in total. The number of aromatic nitrogens is 2. The van der Waals surface area contributed by atoms with Crippen LogP contribution >= 0.6 is 0 Å². The van der Waals surface area contributed by atoms with E-state index in [1.54, 1.807) is 12.4 Å². The summed E-state index contributed by atoms with van der Waals surface area (Å²) in [6.07, 6.45) is 4.27. The molecule has 0 bridgehead atoms. The van der Waals surface area contributed by atoms with Gasteiger partial charge in [0.05, 0.1) is 18.3 Å². The number of rotatable bonds is 3. The lowest BCUT2D eigenvalue weighted by Crippen LogP contribution is -2.48. The molecule has 2 heterocycles. The van der Waals surface area contributed by atoms with Crippen LogP contribution < -0.4 is 10.6 Å². The van der Waals surface area contributed by atoms with Gasteiger partial charge in [0, 0.05) is 18.3 Å². The first-order valence-electron chi connectivity index (χ1n) is 6.83. The number of carbonyl (C=O) groups excluding carboxylic acids is 1. The van der Waals surface area contributed by atoms with Crippen LogP contribution in [0.1, 0.15) is 29.7 Å². The highest BCUT2D eigenvalue weighted by Gasteiger charge is 2.25. The third-order valence-corrected chi connectivity index (χ3v) is 3.78. The molecule has 2 atom stereocenters. The molecule has 0 saturated heterocycles. The molecule has 0 fully saturated rings. The lowest BCUT2D eigenvalue weighted by Gasteiger charge is -2.26. The van der Waals surface area contributed by atoms with Crippen LogP contribution in [-0.4, -0.2) is 22.1 Å². The summed E-state index contributed by atoms with van der Waals surface area (Å²) in [5.74, 6) is 0.0354. The normalized spacial score (nSPS) is 19.1. The van der Waals surface area contributed by atoms with Crippen LogP contribution in [0.15, 0.2) is 36.7 Å². The Labute approximate surface area is 117 Å². The van der Waals surface area contributed by atoms with Gasteiger partial charge in [0.15, 0.2) is 0 Å². The number of hydrogen-bond donors (Lipinski definition) is 3. The van der Waals surface area contributed by atoms with Gasteiger partial charge in [0.25, 0.3) is 0 Å². The van der Waals surface area contributed by atoms with Crippen LogP contribution in [-0.2, 0) is 17.8 Å². The van der Waals surface area contributed by atoms with Crippen molar-refractivity contribution < 1.29 is 4.79 Å². The Kier molecular flexibility index (Phi) is 3.52. The molecule has 0 spiro atoms. The first kappa shape index (κ1) is 12.9. The van der Waals surface area contributed by atoms with Gasteiger partial charge in [-0.2, -0.15) is 5.10 Å². The molecule has 1 unspecified atom stereocenters. The third-order valence-electron chi connectivity index (χ3n) is 3.78. The third kappa shape index (κ3) is 2.58. The molecule has 2 aromatic rings. The molecule has 0 saturated carbocycles. The van der Waals surface area contributed by atoms with Crippen LogP contribution in [0.2, 0.25) is 0 Å². The number of carbonyl (C=O) groups is 1. The van der Waals surface area contributed by atoms with Crippen LogP contribution in [0.25, 0.3) is 0 Å². The summed E-state index contributed by atoms with van der Waals surface area (Å²) < 4.78 is 0. The van der Waals surface area contributed by atoms with Crippen molar-refractivity contribution in [3.8, 4) is 0 Å². The van der Waals surface area contributed by atoms with Gasteiger partial charge in [-0.1, -0.05) is 24.3 Å². The minimum absolute atomic E-state index is 0.0354. The smallest absolute Gasteiger partial charge is 0.237 e. The van der Waals surface area contributed by atoms with Crippen LogP contribution in [0.5, 0.6) is 0 Å². The van der Waals surface area contributed by atoms with E-state index in [4.69, 9.17) is 0 Å². The van der Waals surface area contributed by atoms with Crippen molar-refractivity contribution >= 4 is 5.91 Å². The summed E-state index contributed by atoms with van der Waals surface area (Å²) in [5.41, 5.74) is 3.51. The Morgan fingerprint density at radius 2 is 2.20 bits per heavy atom. The maximum atomic E-state index is 12.3. The average Bonchev–Trinajstić information content (AvgIpc) is 3.01. The molecule has 1 aliphatic heterocycles. The number of H-pyrrole nitrogens is 1. The second-order valence-corrected chi connectivity index (χ2v) is 5.17. The standard InChI is InChI=1S/C15H18N4O/c1-10(13-8-17-18-9-13)19-15(20)14-6-11-4-2-3-5-12(11)7-16-14/h2-5,8-10,14,16H,6-7H2,1H3,(H,17,18)(H,19,20)/t10?,14-/m0/s1. The predicted octanol–water partition coefficient (Wildman–Crippen LogP) is 1.30. The highest BCUT2D eigenvalue weighted by Crippen LogP contribution is 2.17. The van der Waals surface area contributed by atoms with Gasteiger partial charge in [-0.15, -0.1) is 0 Å². The minimum Gasteiger partial charge on any atom is -0.348 e. The van der Waals surface area contributed by atoms with Crippen molar-refractivity contribution in [3.63, 3.8) is 0 Å².